The molecule has 1 fully saturated rings. The Morgan fingerprint density at radius 3 is 3.00 bits per heavy atom. The van der Waals surface area contributed by atoms with Gasteiger partial charge in [-0.25, -0.2) is 4.39 Å². The van der Waals surface area contributed by atoms with Crippen LogP contribution in [0.4, 0.5) is 4.39 Å². The second-order valence-corrected chi connectivity index (χ2v) is 4.71. The number of nitrogens with zero attached hydrogens (tertiary/aromatic N) is 1. The molecule has 5 heteroatoms. The van der Waals surface area contributed by atoms with Gasteiger partial charge in [-0.05, 0) is 25.5 Å². The van der Waals surface area contributed by atoms with Crippen molar-refractivity contribution >= 4 is 5.97 Å². The molecular formula is C14H18FNO3. The van der Waals surface area contributed by atoms with Gasteiger partial charge < -0.3 is 9.84 Å². The van der Waals surface area contributed by atoms with Crippen molar-refractivity contribution in [2.75, 3.05) is 20.2 Å². The third-order valence-electron chi connectivity index (χ3n) is 3.51. The first kappa shape index (κ1) is 14.0. The standard InChI is InChI=1S/C14H18FNO3/c1-19-14(18)12-7-4-8-16(12)9-13(17)10-5-2-3-6-11(10)15/h2-3,5-6,12-13,17H,4,7-9H2,1H3. The lowest BCUT2D eigenvalue weighted by atomic mass is 10.1. The van der Waals surface area contributed by atoms with Crippen LogP contribution in [0, 0.1) is 5.82 Å². The molecule has 0 bridgehead atoms. The van der Waals surface area contributed by atoms with Crippen LogP contribution in [-0.4, -0.2) is 42.2 Å². The topological polar surface area (TPSA) is 49.8 Å². The van der Waals surface area contributed by atoms with Crippen molar-refractivity contribution in [1.29, 1.82) is 0 Å². The van der Waals surface area contributed by atoms with E-state index < -0.39 is 11.9 Å². The molecule has 0 saturated carbocycles. The molecule has 0 amide bonds. The minimum Gasteiger partial charge on any atom is -0.468 e. The lowest BCUT2D eigenvalue weighted by Gasteiger charge is -2.25. The van der Waals surface area contributed by atoms with Crippen LogP contribution in [0.1, 0.15) is 24.5 Å². The lowest BCUT2D eigenvalue weighted by molar-refractivity contribution is -0.146. The Balaban J connectivity index is 2.04. The van der Waals surface area contributed by atoms with Crippen LogP contribution in [0.5, 0.6) is 0 Å². The van der Waals surface area contributed by atoms with Gasteiger partial charge in [0.1, 0.15) is 11.9 Å². The van der Waals surface area contributed by atoms with E-state index in [9.17, 15) is 14.3 Å². The summed E-state index contributed by atoms with van der Waals surface area (Å²) in [6.07, 6.45) is 0.659. The number of likely N-dealkylation sites (tertiary alicyclic amines) is 1. The van der Waals surface area contributed by atoms with Gasteiger partial charge in [0.25, 0.3) is 0 Å². The number of methoxy groups -OCH3 is 1. The minimum atomic E-state index is -0.938. The van der Waals surface area contributed by atoms with Gasteiger partial charge in [0.2, 0.25) is 0 Å². The summed E-state index contributed by atoms with van der Waals surface area (Å²) < 4.78 is 18.3. The number of carbonyl (C=O) groups is 1. The van der Waals surface area contributed by atoms with Gasteiger partial charge in [0.05, 0.1) is 13.2 Å². The largest absolute Gasteiger partial charge is 0.468 e. The zero-order valence-electron chi connectivity index (χ0n) is 10.9. The highest BCUT2D eigenvalue weighted by molar-refractivity contribution is 5.75. The summed E-state index contributed by atoms with van der Waals surface area (Å²) in [4.78, 5) is 13.4. The van der Waals surface area contributed by atoms with Crippen molar-refractivity contribution in [2.45, 2.75) is 25.0 Å². The summed E-state index contributed by atoms with van der Waals surface area (Å²) in [5.74, 6) is -0.720. The molecule has 1 aromatic rings. The van der Waals surface area contributed by atoms with Crippen LogP contribution in [-0.2, 0) is 9.53 Å². The third-order valence-corrected chi connectivity index (χ3v) is 3.51. The Kier molecular flexibility index (Phi) is 4.50. The van der Waals surface area contributed by atoms with Crippen LogP contribution >= 0.6 is 0 Å². The van der Waals surface area contributed by atoms with Crippen molar-refractivity contribution < 1.29 is 19.0 Å². The summed E-state index contributed by atoms with van der Waals surface area (Å²) in [5, 5.41) is 10.1. The molecule has 1 aliphatic rings. The number of aliphatic hydroxyl groups is 1. The van der Waals surface area contributed by atoms with Crippen LogP contribution in [0.25, 0.3) is 0 Å². The molecule has 2 rings (SSSR count). The molecule has 19 heavy (non-hydrogen) atoms. The second kappa shape index (κ2) is 6.12. The SMILES string of the molecule is COC(=O)C1CCCN1CC(O)c1ccccc1F. The molecule has 104 valence electrons. The zero-order valence-corrected chi connectivity index (χ0v) is 10.9. The van der Waals surface area contributed by atoms with Crippen LogP contribution in [0.15, 0.2) is 24.3 Å². The van der Waals surface area contributed by atoms with Gasteiger partial charge in [0.15, 0.2) is 0 Å². The Bertz CT molecular complexity index is 452. The molecule has 1 aromatic carbocycles. The van der Waals surface area contributed by atoms with E-state index in [1.165, 1.54) is 13.2 Å². The van der Waals surface area contributed by atoms with Gasteiger partial charge in [-0.15, -0.1) is 0 Å². The minimum absolute atomic E-state index is 0.237. The fourth-order valence-corrected chi connectivity index (χ4v) is 2.51. The summed E-state index contributed by atoms with van der Waals surface area (Å²) in [7, 11) is 1.35. The van der Waals surface area contributed by atoms with E-state index in [0.717, 1.165) is 12.8 Å². The summed E-state index contributed by atoms with van der Waals surface area (Å²) in [5.41, 5.74) is 0.262. The summed E-state index contributed by atoms with van der Waals surface area (Å²) >= 11 is 0. The lowest BCUT2D eigenvalue weighted by Crippen LogP contribution is -2.39. The van der Waals surface area contributed by atoms with E-state index in [1.807, 2.05) is 4.90 Å². The number of ether oxygens (including phenoxy) is 1. The van der Waals surface area contributed by atoms with Crippen molar-refractivity contribution in [3.8, 4) is 0 Å². The summed E-state index contributed by atoms with van der Waals surface area (Å²) in [6, 6.07) is 5.82. The number of aliphatic hydroxyl groups excluding tert-OH is 1. The molecule has 2 atom stereocenters. The van der Waals surface area contributed by atoms with E-state index in [-0.39, 0.29) is 24.1 Å². The average Bonchev–Trinajstić information content (AvgIpc) is 2.86. The Labute approximate surface area is 111 Å². The van der Waals surface area contributed by atoms with Gasteiger partial charge in [0, 0.05) is 12.1 Å². The molecule has 1 saturated heterocycles. The fourth-order valence-electron chi connectivity index (χ4n) is 2.51. The van der Waals surface area contributed by atoms with Crippen molar-refractivity contribution in [2.24, 2.45) is 0 Å². The van der Waals surface area contributed by atoms with Gasteiger partial charge in [-0.3, -0.25) is 9.69 Å². The molecule has 2 unspecified atom stereocenters. The molecule has 0 spiro atoms. The summed E-state index contributed by atoms with van der Waals surface area (Å²) in [6.45, 7) is 0.950. The number of esters is 1. The predicted molar refractivity (Wildman–Crippen MR) is 68.0 cm³/mol. The molecule has 0 aliphatic carbocycles. The van der Waals surface area contributed by atoms with Crippen molar-refractivity contribution in [1.82, 2.24) is 4.90 Å². The number of hydrogen-bond acceptors (Lipinski definition) is 4. The maximum Gasteiger partial charge on any atom is 0.323 e. The first-order chi connectivity index (χ1) is 9.13. The molecule has 1 heterocycles. The average molecular weight is 267 g/mol. The molecule has 1 aliphatic heterocycles. The van der Waals surface area contributed by atoms with Crippen molar-refractivity contribution in [3.63, 3.8) is 0 Å². The number of halogens is 1. The van der Waals surface area contributed by atoms with Crippen LogP contribution in [0.2, 0.25) is 0 Å². The number of β-amino-alcohol motifs (C(OH)–C–C–N with tert-alkyl or cyclic N) is 1. The van der Waals surface area contributed by atoms with Gasteiger partial charge in [-0.1, -0.05) is 18.2 Å². The van der Waals surface area contributed by atoms with Crippen molar-refractivity contribution in [3.05, 3.63) is 35.6 Å². The number of rotatable bonds is 4. The highest BCUT2D eigenvalue weighted by Gasteiger charge is 2.33. The Morgan fingerprint density at radius 1 is 1.58 bits per heavy atom. The van der Waals surface area contributed by atoms with E-state index in [2.05, 4.69) is 0 Å². The number of carbonyl (C=O) groups excluding carboxylic acids is 1. The second-order valence-electron chi connectivity index (χ2n) is 4.71. The Hall–Kier alpha value is -1.46. The molecule has 0 radical (unpaired) electrons. The monoisotopic (exact) mass is 267 g/mol. The zero-order chi connectivity index (χ0) is 13.8. The highest BCUT2D eigenvalue weighted by Crippen LogP contribution is 2.24. The normalized spacial score (nSPS) is 21.3. The molecular weight excluding hydrogens is 249 g/mol. The first-order valence-corrected chi connectivity index (χ1v) is 6.38. The third kappa shape index (κ3) is 3.11. The smallest absolute Gasteiger partial charge is 0.323 e. The first-order valence-electron chi connectivity index (χ1n) is 6.38. The van der Waals surface area contributed by atoms with Crippen LogP contribution in [0.3, 0.4) is 0 Å². The quantitative estimate of drug-likeness (QED) is 0.840. The van der Waals surface area contributed by atoms with Crippen LogP contribution < -0.4 is 0 Å². The van der Waals surface area contributed by atoms with E-state index in [4.69, 9.17) is 4.74 Å². The highest BCUT2D eigenvalue weighted by atomic mass is 19.1. The maximum absolute atomic E-state index is 13.6. The molecule has 4 nitrogen and oxygen atoms in total. The predicted octanol–water partition coefficient (Wildman–Crippen LogP) is 1.50. The number of hydrogen-bond donors (Lipinski definition) is 1. The Morgan fingerprint density at radius 2 is 2.32 bits per heavy atom. The van der Waals surface area contributed by atoms with E-state index in [1.54, 1.807) is 18.2 Å². The maximum atomic E-state index is 13.6. The fraction of sp³-hybridized carbons (Fsp3) is 0.500. The molecule has 0 aromatic heterocycles. The van der Waals surface area contributed by atoms with Gasteiger partial charge in [-0.2, -0.15) is 0 Å². The number of benzene rings is 1. The van der Waals surface area contributed by atoms with E-state index in [0.29, 0.717) is 6.54 Å². The molecule has 1 N–H and O–H groups in total. The van der Waals surface area contributed by atoms with Gasteiger partial charge >= 0.3 is 5.97 Å². The van der Waals surface area contributed by atoms with E-state index >= 15 is 0 Å².